The predicted molar refractivity (Wildman–Crippen MR) is 128 cm³/mol. The Kier molecular flexibility index (Phi) is 6.66. The standard InChI is InChI=1S/C26H43IO2/c1-17(6-5-15-27)22-9-10-23-21-8-7-19-16-20(29-18(2)28)11-13-25(19,3)24(21)12-14-26(22,23)4/h17,19-24H,5-16H2,1-4H3/t17-,19-,20-,21+,22-,23+,24+,25+,26-/m1/s1. The van der Waals surface area contributed by atoms with Gasteiger partial charge in [-0.25, -0.2) is 0 Å². The highest BCUT2D eigenvalue weighted by atomic mass is 127. The molecule has 4 aliphatic carbocycles. The fourth-order valence-electron chi connectivity index (χ4n) is 9.14. The van der Waals surface area contributed by atoms with Gasteiger partial charge in [0.25, 0.3) is 0 Å². The maximum absolute atomic E-state index is 11.5. The second-order valence-corrected chi connectivity index (χ2v) is 12.8. The van der Waals surface area contributed by atoms with Gasteiger partial charge in [0.15, 0.2) is 0 Å². The van der Waals surface area contributed by atoms with Gasteiger partial charge in [0.05, 0.1) is 0 Å². The normalized spacial score (nSPS) is 47.6. The van der Waals surface area contributed by atoms with Crippen LogP contribution in [0.2, 0.25) is 0 Å². The zero-order chi connectivity index (χ0) is 20.8. The van der Waals surface area contributed by atoms with Crippen LogP contribution in [-0.4, -0.2) is 16.5 Å². The van der Waals surface area contributed by atoms with Gasteiger partial charge in [0, 0.05) is 6.92 Å². The summed E-state index contributed by atoms with van der Waals surface area (Å²) in [6, 6.07) is 0. The average molecular weight is 515 g/mol. The number of rotatable bonds is 5. The fourth-order valence-corrected chi connectivity index (χ4v) is 9.58. The van der Waals surface area contributed by atoms with Crippen molar-refractivity contribution in [3.05, 3.63) is 0 Å². The van der Waals surface area contributed by atoms with Gasteiger partial charge in [-0.2, -0.15) is 0 Å². The van der Waals surface area contributed by atoms with E-state index in [4.69, 9.17) is 4.74 Å². The van der Waals surface area contributed by atoms with Crippen molar-refractivity contribution >= 4 is 28.6 Å². The topological polar surface area (TPSA) is 26.3 Å². The van der Waals surface area contributed by atoms with Gasteiger partial charge in [0.1, 0.15) is 6.10 Å². The summed E-state index contributed by atoms with van der Waals surface area (Å²) in [5, 5.41) is 0. The Balaban J connectivity index is 1.48. The Morgan fingerprint density at radius 1 is 1.03 bits per heavy atom. The molecule has 4 rings (SSSR count). The quantitative estimate of drug-likeness (QED) is 0.217. The van der Waals surface area contributed by atoms with Crippen LogP contribution in [-0.2, 0) is 9.53 Å². The van der Waals surface area contributed by atoms with Crippen LogP contribution in [0, 0.1) is 46.3 Å². The fraction of sp³-hybridized carbons (Fsp3) is 0.962. The number of halogens is 1. The molecule has 3 heteroatoms. The van der Waals surface area contributed by atoms with Crippen LogP contribution in [0.15, 0.2) is 0 Å². The number of ether oxygens (including phenoxy) is 1. The molecule has 0 heterocycles. The molecule has 166 valence electrons. The Morgan fingerprint density at radius 3 is 2.48 bits per heavy atom. The highest BCUT2D eigenvalue weighted by molar-refractivity contribution is 14.1. The van der Waals surface area contributed by atoms with Crippen molar-refractivity contribution in [1.82, 2.24) is 0 Å². The maximum Gasteiger partial charge on any atom is 0.302 e. The molecule has 0 aliphatic heterocycles. The summed E-state index contributed by atoms with van der Waals surface area (Å²) < 4.78 is 6.95. The van der Waals surface area contributed by atoms with Crippen LogP contribution in [0.5, 0.6) is 0 Å². The third kappa shape index (κ3) is 3.93. The van der Waals surface area contributed by atoms with Crippen molar-refractivity contribution < 1.29 is 9.53 Å². The van der Waals surface area contributed by atoms with E-state index in [2.05, 4.69) is 43.4 Å². The van der Waals surface area contributed by atoms with Gasteiger partial charge >= 0.3 is 5.97 Å². The lowest BCUT2D eigenvalue weighted by Crippen LogP contribution is -2.54. The molecule has 0 radical (unpaired) electrons. The second-order valence-electron chi connectivity index (χ2n) is 11.7. The molecule has 0 saturated heterocycles. The lowest BCUT2D eigenvalue weighted by atomic mass is 9.44. The van der Waals surface area contributed by atoms with E-state index in [9.17, 15) is 4.79 Å². The van der Waals surface area contributed by atoms with Crippen molar-refractivity contribution in [1.29, 1.82) is 0 Å². The van der Waals surface area contributed by atoms with Crippen molar-refractivity contribution in [2.75, 3.05) is 4.43 Å². The molecule has 29 heavy (non-hydrogen) atoms. The van der Waals surface area contributed by atoms with Crippen LogP contribution < -0.4 is 0 Å². The predicted octanol–water partition coefficient (Wildman–Crippen LogP) is 7.43. The van der Waals surface area contributed by atoms with E-state index < -0.39 is 0 Å². The average Bonchev–Trinajstić information content (AvgIpc) is 3.03. The lowest BCUT2D eigenvalue weighted by Gasteiger charge is -2.61. The molecule has 0 aromatic heterocycles. The van der Waals surface area contributed by atoms with E-state index in [-0.39, 0.29) is 12.1 Å². The van der Waals surface area contributed by atoms with Crippen molar-refractivity contribution in [3.63, 3.8) is 0 Å². The number of alkyl halides is 1. The second kappa shape index (κ2) is 8.62. The van der Waals surface area contributed by atoms with Gasteiger partial charge < -0.3 is 4.74 Å². The molecule has 9 atom stereocenters. The molecule has 0 bridgehead atoms. The number of esters is 1. The number of fused-ring (bicyclic) bond motifs is 5. The first kappa shape index (κ1) is 22.4. The van der Waals surface area contributed by atoms with Crippen molar-refractivity contribution in [3.8, 4) is 0 Å². The zero-order valence-electron chi connectivity index (χ0n) is 19.2. The van der Waals surface area contributed by atoms with Crippen LogP contribution >= 0.6 is 22.6 Å². The van der Waals surface area contributed by atoms with Gasteiger partial charge in [0.2, 0.25) is 0 Å². The van der Waals surface area contributed by atoms with Crippen LogP contribution in [0.1, 0.15) is 98.3 Å². The number of hydrogen-bond donors (Lipinski definition) is 0. The summed E-state index contributed by atoms with van der Waals surface area (Å²) >= 11 is 2.55. The van der Waals surface area contributed by atoms with Gasteiger partial charge in [-0.3, -0.25) is 4.79 Å². The summed E-state index contributed by atoms with van der Waals surface area (Å²) in [5.41, 5.74) is 1.09. The Hall–Kier alpha value is 0.200. The molecular weight excluding hydrogens is 471 g/mol. The molecular formula is C26H43IO2. The number of hydrogen-bond acceptors (Lipinski definition) is 2. The van der Waals surface area contributed by atoms with Crippen LogP contribution in [0.4, 0.5) is 0 Å². The first-order valence-corrected chi connectivity index (χ1v) is 14.1. The highest BCUT2D eigenvalue weighted by Crippen LogP contribution is 2.68. The zero-order valence-corrected chi connectivity index (χ0v) is 21.4. The van der Waals surface area contributed by atoms with Gasteiger partial charge in [-0.15, -0.1) is 0 Å². The van der Waals surface area contributed by atoms with E-state index in [1.807, 2.05) is 0 Å². The number of carbonyl (C=O) groups excluding carboxylic acids is 1. The molecule has 0 N–H and O–H groups in total. The van der Waals surface area contributed by atoms with E-state index >= 15 is 0 Å². The summed E-state index contributed by atoms with van der Waals surface area (Å²) in [6.07, 6.45) is 15.2. The summed E-state index contributed by atoms with van der Waals surface area (Å²) in [5.74, 6) is 5.39. The molecule has 2 nitrogen and oxygen atoms in total. The first-order chi connectivity index (χ1) is 13.8. The summed E-state index contributed by atoms with van der Waals surface area (Å²) in [6.45, 7) is 9.45. The monoisotopic (exact) mass is 514 g/mol. The van der Waals surface area contributed by atoms with E-state index in [0.717, 1.165) is 48.3 Å². The largest absolute Gasteiger partial charge is 0.463 e. The maximum atomic E-state index is 11.5. The Labute approximate surface area is 192 Å². The molecule has 4 aliphatic rings. The molecule has 0 aromatic carbocycles. The van der Waals surface area contributed by atoms with Crippen molar-refractivity contribution in [2.24, 2.45) is 46.3 Å². The summed E-state index contributed by atoms with van der Waals surface area (Å²) in [7, 11) is 0. The third-order valence-corrected chi connectivity index (χ3v) is 11.3. The SMILES string of the molecule is CC(=O)O[C@@H]1CC[C@@]2(C)[C@H](CC[C@@H]3[C@@H]2CC[C@]2(C)[C@@H]([C@H](C)CCCI)CC[C@@H]32)C1. The molecule has 0 unspecified atom stereocenters. The van der Waals surface area contributed by atoms with Crippen molar-refractivity contribution in [2.45, 2.75) is 104 Å². The van der Waals surface area contributed by atoms with E-state index in [1.165, 1.54) is 62.2 Å². The van der Waals surface area contributed by atoms with Crippen LogP contribution in [0.3, 0.4) is 0 Å². The smallest absolute Gasteiger partial charge is 0.302 e. The molecule has 4 fully saturated rings. The minimum absolute atomic E-state index is 0.0885. The minimum Gasteiger partial charge on any atom is -0.463 e. The lowest BCUT2D eigenvalue weighted by molar-refractivity contribution is -0.160. The van der Waals surface area contributed by atoms with E-state index in [1.54, 1.807) is 6.92 Å². The highest BCUT2D eigenvalue weighted by Gasteiger charge is 2.60. The van der Waals surface area contributed by atoms with E-state index in [0.29, 0.717) is 10.8 Å². The number of carbonyl (C=O) groups is 1. The molecule has 0 amide bonds. The molecule has 0 spiro atoms. The molecule has 4 saturated carbocycles. The Bertz CT molecular complexity index is 606. The van der Waals surface area contributed by atoms with Gasteiger partial charge in [-0.05, 0) is 121 Å². The molecule has 0 aromatic rings. The van der Waals surface area contributed by atoms with Gasteiger partial charge in [-0.1, -0.05) is 43.4 Å². The third-order valence-electron chi connectivity index (χ3n) is 10.5. The first-order valence-electron chi connectivity index (χ1n) is 12.5. The van der Waals surface area contributed by atoms with Crippen LogP contribution in [0.25, 0.3) is 0 Å². The summed E-state index contributed by atoms with van der Waals surface area (Å²) in [4.78, 5) is 11.5. The Morgan fingerprint density at radius 2 is 1.76 bits per heavy atom. The minimum atomic E-state index is -0.0885.